The highest BCUT2D eigenvalue weighted by molar-refractivity contribution is 6.16. The van der Waals surface area contributed by atoms with Crippen LogP contribution in [-0.2, 0) is 16.6 Å². The molecule has 0 unspecified atom stereocenters. The third-order valence-electron chi connectivity index (χ3n) is 7.64. The van der Waals surface area contributed by atoms with Crippen LogP contribution in [0, 0.1) is 5.92 Å². The monoisotopic (exact) mass is 594 g/mol. The number of carbonyl (C=O) groups excluding carboxylic acids is 4. The van der Waals surface area contributed by atoms with Crippen molar-refractivity contribution in [1.82, 2.24) is 19.9 Å². The molecular weight excluding hydrogens is 564 g/mol. The number of benzene rings is 1. The average Bonchev–Trinajstić information content (AvgIpc) is 3.51. The number of carbonyl (C=O) groups is 4. The number of allylic oxidation sites excluding steroid dienone is 1. The van der Waals surface area contributed by atoms with Gasteiger partial charge in [-0.25, -0.2) is 9.78 Å². The number of pyridine rings is 2. The van der Waals surface area contributed by atoms with Gasteiger partial charge in [0.1, 0.15) is 11.4 Å². The maximum absolute atomic E-state index is 13.4. The SMILES string of the molecule is Cn1cc(/C=C2\Oc3ccc(NC(=O)Nc4cccnc4)cc3C2=O)c2c(N3CCC(C(=O)NCC(N)=O)CC3)ccnc21. The van der Waals surface area contributed by atoms with Crippen LogP contribution in [0.5, 0.6) is 5.75 Å². The predicted octanol–water partition coefficient (Wildman–Crippen LogP) is 3.05. The lowest BCUT2D eigenvalue weighted by Crippen LogP contribution is -2.42. The molecule has 5 N–H and O–H groups in total. The van der Waals surface area contributed by atoms with E-state index in [0.717, 1.165) is 22.3 Å². The van der Waals surface area contributed by atoms with Gasteiger partial charge in [-0.2, -0.15) is 0 Å². The van der Waals surface area contributed by atoms with Gasteiger partial charge in [-0.1, -0.05) is 0 Å². The quantitative estimate of drug-likeness (QED) is 0.236. The Labute approximate surface area is 252 Å². The van der Waals surface area contributed by atoms with E-state index in [1.165, 1.54) is 6.20 Å². The normalized spacial score (nSPS) is 15.6. The van der Waals surface area contributed by atoms with Crippen LogP contribution < -0.4 is 31.3 Å². The van der Waals surface area contributed by atoms with Crippen molar-refractivity contribution in [1.29, 1.82) is 0 Å². The number of ether oxygens (including phenoxy) is 1. The number of nitrogens with one attached hydrogen (secondary N) is 3. The Morgan fingerprint density at radius 2 is 1.89 bits per heavy atom. The number of nitrogens with two attached hydrogens (primary N) is 1. The van der Waals surface area contributed by atoms with Gasteiger partial charge in [0.25, 0.3) is 0 Å². The number of rotatable bonds is 7. The topological polar surface area (TPSA) is 174 Å². The van der Waals surface area contributed by atoms with Crippen molar-refractivity contribution < 1.29 is 23.9 Å². The Hall–Kier alpha value is -5.72. The van der Waals surface area contributed by atoms with Crippen molar-refractivity contribution in [3.8, 4) is 5.75 Å². The number of fused-ring (bicyclic) bond motifs is 2. The number of hydrogen-bond acceptors (Lipinski definition) is 8. The minimum absolute atomic E-state index is 0.157. The summed E-state index contributed by atoms with van der Waals surface area (Å²) in [4.78, 5) is 60.1. The highest BCUT2D eigenvalue weighted by Crippen LogP contribution is 2.37. The lowest BCUT2D eigenvalue weighted by Gasteiger charge is -2.33. The smallest absolute Gasteiger partial charge is 0.323 e. The molecule has 13 heteroatoms. The summed E-state index contributed by atoms with van der Waals surface area (Å²) in [5, 5.41) is 8.88. The van der Waals surface area contributed by atoms with Crippen LogP contribution in [0.1, 0.15) is 28.8 Å². The number of aryl methyl sites for hydroxylation is 1. The van der Waals surface area contributed by atoms with Crippen LogP contribution in [0.2, 0.25) is 0 Å². The summed E-state index contributed by atoms with van der Waals surface area (Å²) in [7, 11) is 1.89. The number of hydrogen-bond donors (Lipinski definition) is 4. The number of aromatic nitrogens is 3. The molecule has 4 amide bonds. The van der Waals surface area contributed by atoms with E-state index in [2.05, 4.69) is 30.8 Å². The largest absolute Gasteiger partial charge is 0.452 e. The highest BCUT2D eigenvalue weighted by atomic mass is 16.5. The van der Waals surface area contributed by atoms with E-state index in [1.54, 1.807) is 48.8 Å². The van der Waals surface area contributed by atoms with Crippen molar-refractivity contribution in [3.05, 3.63) is 78.1 Å². The van der Waals surface area contributed by atoms with E-state index >= 15 is 0 Å². The second-order valence-corrected chi connectivity index (χ2v) is 10.6. The number of piperidine rings is 1. The maximum atomic E-state index is 13.4. The minimum atomic E-state index is -0.574. The van der Waals surface area contributed by atoms with Gasteiger partial charge in [0.2, 0.25) is 17.6 Å². The van der Waals surface area contributed by atoms with Crippen molar-refractivity contribution >= 4 is 57.8 Å². The Bertz CT molecular complexity index is 1810. The molecule has 44 heavy (non-hydrogen) atoms. The van der Waals surface area contributed by atoms with Gasteiger partial charge >= 0.3 is 6.03 Å². The van der Waals surface area contributed by atoms with Crippen LogP contribution in [0.25, 0.3) is 17.1 Å². The molecule has 0 radical (unpaired) electrons. The zero-order valence-electron chi connectivity index (χ0n) is 23.9. The van der Waals surface area contributed by atoms with Gasteiger partial charge in [0.15, 0.2) is 5.76 Å². The molecule has 0 aliphatic carbocycles. The van der Waals surface area contributed by atoms with Crippen LogP contribution in [-0.4, -0.2) is 57.8 Å². The molecular formula is C31H30N8O5. The van der Waals surface area contributed by atoms with Gasteiger partial charge in [0, 0.05) is 67.0 Å². The van der Waals surface area contributed by atoms with E-state index in [1.807, 2.05) is 23.9 Å². The van der Waals surface area contributed by atoms with Crippen molar-refractivity contribution in [2.75, 3.05) is 35.2 Å². The zero-order valence-corrected chi connectivity index (χ0v) is 23.9. The third kappa shape index (κ3) is 5.79. The Morgan fingerprint density at radius 1 is 1.09 bits per heavy atom. The average molecular weight is 595 g/mol. The van der Waals surface area contributed by atoms with Gasteiger partial charge < -0.3 is 35.9 Å². The second-order valence-electron chi connectivity index (χ2n) is 10.6. The first-order chi connectivity index (χ1) is 21.3. The number of nitrogens with zero attached hydrogens (tertiary/aromatic N) is 4. The fourth-order valence-corrected chi connectivity index (χ4v) is 5.53. The van der Waals surface area contributed by atoms with E-state index < -0.39 is 11.9 Å². The van der Waals surface area contributed by atoms with Gasteiger partial charge in [-0.3, -0.25) is 19.4 Å². The molecule has 0 spiro atoms. The first kappa shape index (κ1) is 28.4. The van der Waals surface area contributed by atoms with E-state index in [-0.39, 0.29) is 29.9 Å². The predicted molar refractivity (Wildman–Crippen MR) is 164 cm³/mol. The minimum Gasteiger partial charge on any atom is -0.452 e. The molecule has 0 bridgehead atoms. The van der Waals surface area contributed by atoms with Crippen molar-refractivity contribution in [2.45, 2.75) is 12.8 Å². The summed E-state index contributed by atoms with van der Waals surface area (Å²) in [6, 6.07) is 9.78. The first-order valence-electron chi connectivity index (χ1n) is 14.1. The molecule has 13 nitrogen and oxygen atoms in total. The summed E-state index contributed by atoms with van der Waals surface area (Å²) in [5.41, 5.74) is 8.90. The zero-order chi connectivity index (χ0) is 30.8. The van der Waals surface area contributed by atoms with Gasteiger partial charge in [-0.05, 0) is 55.3 Å². The Kier molecular flexibility index (Phi) is 7.67. The number of anilines is 3. The third-order valence-corrected chi connectivity index (χ3v) is 7.64. The molecule has 0 saturated carbocycles. The number of primary amides is 1. The molecule has 224 valence electrons. The Morgan fingerprint density at radius 3 is 2.64 bits per heavy atom. The van der Waals surface area contributed by atoms with Crippen molar-refractivity contribution in [2.24, 2.45) is 18.7 Å². The second kappa shape index (κ2) is 11.9. The molecule has 1 saturated heterocycles. The van der Waals surface area contributed by atoms with E-state index in [4.69, 9.17) is 10.5 Å². The lowest BCUT2D eigenvalue weighted by atomic mass is 9.95. The van der Waals surface area contributed by atoms with Crippen LogP contribution in [0.15, 0.2) is 66.9 Å². The molecule has 1 aromatic carbocycles. The Balaban J connectivity index is 1.20. The molecule has 4 aromatic rings. The van der Waals surface area contributed by atoms with Crippen LogP contribution >= 0.6 is 0 Å². The van der Waals surface area contributed by atoms with Gasteiger partial charge in [-0.15, -0.1) is 0 Å². The molecule has 1 fully saturated rings. The summed E-state index contributed by atoms with van der Waals surface area (Å²) >= 11 is 0. The molecule has 0 atom stereocenters. The molecule has 2 aliphatic rings. The number of amides is 4. The van der Waals surface area contributed by atoms with Crippen LogP contribution in [0.4, 0.5) is 21.9 Å². The number of Topliss-reactive ketones (excluding diaryl/α,β-unsaturated/α-hetero) is 1. The standard InChI is InChI=1S/C31H30N8O5/c1-38-17-19(27-23(6-10-34-29(27)38)39-11-7-18(8-12-39)30(42)35-16-26(32)40)13-25-28(41)22-14-20(4-5-24(22)44-25)36-31(43)37-21-3-2-9-33-15-21/h2-6,9-10,13-15,17-18H,7-8,11-12,16H2,1H3,(H2,32,40)(H,35,42)(H2,36,37,43)/b25-13-. The summed E-state index contributed by atoms with van der Waals surface area (Å²) < 4.78 is 7.85. The summed E-state index contributed by atoms with van der Waals surface area (Å²) in [5.74, 6) is -0.697. The van der Waals surface area contributed by atoms with Gasteiger partial charge in [0.05, 0.1) is 24.0 Å². The molecule has 3 aromatic heterocycles. The molecule has 2 aliphatic heterocycles. The summed E-state index contributed by atoms with van der Waals surface area (Å²) in [6.07, 6.45) is 9.72. The first-order valence-corrected chi connectivity index (χ1v) is 14.1. The molecule has 5 heterocycles. The maximum Gasteiger partial charge on any atom is 0.323 e. The highest BCUT2D eigenvalue weighted by Gasteiger charge is 2.30. The fraction of sp³-hybridized carbons (Fsp3) is 0.226. The number of urea groups is 1. The molecule has 6 rings (SSSR count). The van der Waals surface area contributed by atoms with E-state index in [9.17, 15) is 19.2 Å². The van der Waals surface area contributed by atoms with Crippen molar-refractivity contribution in [3.63, 3.8) is 0 Å². The van der Waals surface area contributed by atoms with Crippen LogP contribution in [0.3, 0.4) is 0 Å². The lowest BCUT2D eigenvalue weighted by molar-refractivity contribution is -0.128. The number of ketones is 1. The summed E-state index contributed by atoms with van der Waals surface area (Å²) in [6.45, 7) is 1.09. The fourth-order valence-electron chi connectivity index (χ4n) is 5.53. The van der Waals surface area contributed by atoms with E-state index in [0.29, 0.717) is 48.6 Å².